The van der Waals surface area contributed by atoms with Crippen LogP contribution in [0.25, 0.3) is 22.0 Å². The topological polar surface area (TPSA) is 102 Å². The van der Waals surface area contributed by atoms with Crippen LogP contribution in [0.4, 0.5) is 0 Å². The number of aromatic amines is 1. The summed E-state index contributed by atoms with van der Waals surface area (Å²) in [5, 5.41) is 5.44. The molecule has 41 heavy (non-hydrogen) atoms. The normalized spacial score (nSPS) is 11.0. The molecule has 0 saturated heterocycles. The second kappa shape index (κ2) is 12.4. The minimum absolute atomic E-state index is 0.278. The number of aromatic nitrogens is 1. The van der Waals surface area contributed by atoms with E-state index in [0.717, 1.165) is 10.9 Å². The predicted molar refractivity (Wildman–Crippen MR) is 159 cm³/mol. The van der Waals surface area contributed by atoms with Gasteiger partial charge in [0, 0.05) is 27.1 Å². The third-order valence-electron chi connectivity index (χ3n) is 6.24. The van der Waals surface area contributed by atoms with E-state index in [2.05, 4.69) is 15.5 Å². The van der Waals surface area contributed by atoms with E-state index in [1.807, 2.05) is 49.4 Å². The van der Waals surface area contributed by atoms with Crippen molar-refractivity contribution in [2.75, 3.05) is 13.7 Å². The quantitative estimate of drug-likeness (QED) is 0.0875. The molecule has 0 bridgehead atoms. The standard InChI is InChI=1S/C32H26ClN3O5/c1-3-40-28-17-20(13-16-27(28)41-32(38)21-9-5-4-6-10-21)19-34-36-31(37)30-29(23-11-7-8-12-25(23)33)24-18-22(39-2)14-15-26(24)35-30/h4-19,35H,3H2,1-2H3,(H,36,37). The molecule has 0 unspecified atom stereocenters. The number of H-pyrrole nitrogens is 1. The number of methoxy groups -OCH3 is 1. The predicted octanol–water partition coefficient (Wildman–Crippen LogP) is 6.88. The maximum absolute atomic E-state index is 13.3. The molecule has 1 aromatic heterocycles. The maximum atomic E-state index is 13.3. The molecule has 0 aliphatic rings. The Morgan fingerprint density at radius 3 is 2.49 bits per heavy atom. The van der Waals surface area contributed by atoms with Crippen molar-refractivity contribution in [3.8, 4) is 28.4 Å². The van der Waals surface area contributed by atoms with Gasteiger partial charge in [-0.2, -0.15) is 5.10 Å². The summed E-state index contributed by atoms with van der Waals surface area (Å²) in [7, 11) is 1.59. The van der Waals surface area contributed by atoms with Gasteiger partial charge in [0.1, 0.15) is 11.4 Å². The Balaban J connectivity index is 1.39. The highest BCUT2D eigenvalue weighted by Crippen LogP contribution is 2.38. The van der Waals surface area contributed by atoms with Gasteiger partial charge in [-0.15, -0.1) is 0 Å². The Bertz CT molecular complexity index is 1750. The number of esters is 1. The second-order valence-corrected chi connectivity index (χ2v) is 9.27. The van der Waals surface area contributed by atoms with Crippen LogP contribution in [0.3, 0.4) is 0 Å². The van der Waals surface area contributed by atoms with Crippen LogP contribution in [0.1, 0.15) is 33.3 Å². The number of hydrogen-bond acceptors (Lipinski definition) is 6. The number of nitrogens with zero attached hydrogens (tertiary/aromatic N) is 1. The van der Waals surface area contributed by atoms with Crippen molar-refractivity contribution in [3.05, 3.63) is 113 Å². The van der Waals surface area contributed by atoms with Gasteiger partial charge in [-0.25, -0.2) is 10.2 Å². The third-order valence-corrected chi connectivity index (χ3v) is 6.57. The Labute approximate surface area is 241 Å². The molecule has 206 valence electrons. The molecule has 5 aromatic rings. The molecule has 0 saturated carbocycles. The zero-order valence-electron chi connectivity index (χ0n) is 22.3. The van der Waals surface area contributed by atoms with Gasteiger partial charge in [0.05, 0.1) is 25.5 Å². The van der Waals surface area contributed by atoms with Gasteiger partial charge in [-0.3, -0.25) is 4.79 Å². The van der Waals surface area contributed by atoms with Crippen LogP contribution in [0, 0.1) is 0 Å². The molecular formula is C32H26ClN3O5. The first-order valence-corrected chi connectivity index (χ1v) is 13.2. The Kier molecular flexibility index (Phi) is 8.31. The first-order valence-electron chi connectivity index (χ1n) is 12.8. The lowest BCUT2D eigenvalue weighted by molar-refractivity contribution is 0.0728. The van der Waals surface area contributed by atoms with Crippen LogP contribution in [0.2, 0.25) is 5.02 Å². The minimum Gasteiger partial charge on any atom is -0.497 e. The second-order valence-electron chi connectivity index (χ2n) is 8.86. The molecule has 0 fully saturated rings. The molecule has 0 radical (unpaired) electrons. The van der Waals surface area contributed by atoms with E-state index < -0.39 is 11.9 Å². The van der Waals surface area contributed by atoms with E-state index in [1.54, 1.807) is 55.6 Å². The average molecular weight is 568 g/mol. The van der Waals surface area contributed by atoms with Gasteiger partial charge < -0.3 is 19.2 Å². The Morgan fingerprint density at radius 1 is 0.951 bits per heavy atom. The van der Waals surface area contributed by atoms with Gasteiger partial charge in [0.2, 0.25) is 0 Å². The van der Waals surface area contributed by atoms with Gasteiger partial charge in [-0.05, 0) is 67.1 Å². The lowest BCUT2D eigenvalue weighted by atomic mass is 10.0. The van der Waals surface area contributed by atoms with Crippen LogP contribution in [0.5, 0.6) is 17.2 Å². The van der Waals surface area contributed by atoms with E-state index >= 15 is 0 Å². The number of nitrogens with one attached hydrogen (secondary N) is 2. The van der Waals surface area contributed by atoms with E-state index in [9.17, 15) is 9.59 Å². The van der Waals surface area contributed by atoms with E-state index in [-0.39, 0.29) is 5.75 Å². The molecular weight excluding hydrogens is 542 g/mol. The van der Waals surface area contributed by atoms with Gasteiger partial charge in [-0.1, -0.05) is 48.0 Å². The molecule has 0 aliphatic carbocycles. The molecule has 0 aliphatic heterocycles. The number of amides is 1. The fraction of sp³-hybridized carbons (Fsp3) is 0.0938. The Morgan fingerprint density at radius 2 is 1.73 bits per heavy atom. The molecule has 5 rings (SSSR count). The summed E-state index contributed by atoms with van der Waals surface area (Å²) in [5.74, 6) is 0.352. The van der Waals surface area contributed by atoms with Gasteiger partial charge >= 0.3 is 5.97 Å². The van der Waals surface area contributed by atoms with Crippen LogP contribution in [-0.4, -0.2) is 36.8 Å². The number of ether oxygens (including phenoxy) is 3. The van der Waals surface area contributed by atoms with E-state index in [4.69, 9.17) is 25.8 Å². The summed E-state index contributed by atoms with van der Waals surface area (Å²) in [5.41, 5.74) is 6.02. The molecule has 9 heteroatoms. The van der Waals surface area contributed by atoms with Crippen molar-refractivity contribution in [2.24, 2.45) is 5.10 Å². The van der Waals surface area contributed by atoms with Gasteiger partial charge in [0.25, 0.3) is 5.91 Å². The smallest absolute Gasteiger partial charge is 0.343 e. The maximum Gasteiger partial charge on any atom is 0.343 e. The van der Waals surface area contributed by atoms with Crippen LogP contribution in [0.15, 0.2) is 96.1 Å². The first kappa shape index (κ1) is 27.5. The van der Waals surface area contributed by atoms with Crippen molar-refractivity contribution in [1.82, 2.24) is 10.4 Å². The van der Waals surface area contributed by atoms with Crippen molar-refractivity contribution >= 4 is 40.6 Å². The van der Waals surface area contributed by atoms with E-state index in [1.165, 1.54) is 6.21 Å². The minimum atomic E-state index is -0.495. The summed E-state index contributed by atoms with van der Waals surface area (Å²) < 4.78 is 16.6. The SMILES string of the molecule is CCOc1cc(C=NNC(=O)c2[nH]c3ccc(OC)cc3c2-c2ccccc2Cl)ccc1OC(=O)c1ccccc1. The molecule has 4 aromatic carbocycles. The molecule has 8 nitrogen and oxygen atoms in total. The number of halogens is 1. The van der Waals surface area contributed by atoms with Gasteiger partial charge in [0.15, 0.2) is 11.5 Å². The third kappa shape index (κ3) is 6.08. The summed E-state index contributed by atoms with van der Waals surface area (Å²) >= 11 is 6.52. The highest BCUT2D eigenvalue weighted by Gasteiger charge is 2.21. The molecule has 0 atom stereocenters. The van der Waals surface area contributed by atoms with Crippen LogP contribution >= 0.6 is 11.6 Å². The van der Waals surface area contributed by atoms with Crippen LogP contribution in [-0.2, 0) is 0 Å². The summed E-state index contributed by atoms with van der Waals surface area (Å²) in [4.78, 5) is 29.0. The van der Waals surface area contributed by atoms with Crippen LogP contribution < -0.4 is 19.6 Å². The molecule has 0 spiro atoms. The zero-order chi connectivity index (χ0) is 28.8. The first-order chi connectivity index (χ1) is 20.0. The molecule has 1 heterocycles. The molecule has 2 N–H and O–H groups in total. The number of fused-ring (bicyclic) bond motifs is 1. The van der Waals surface area contributed by atoms with Crippen molar-refractivity contribution in [3.63, 3.8) is 0 Å². The average Bonchev–Trinajstić information content (AvgIpc) is 3.38. The largest absolute Gasteiger partial charge is 0.497 e. The van der Waals surface area contributed by atoms with Crippen molar-refractivity contribution < 1.29 is 23.8 Å². The fourth-order valence-corrected chi connectivity index (χ4v) is 4.55. The summed E-state index contributed by atoms with van der Waals surface area (Å²) in [6.45, 7) is 2.19. The highest BCUT2D eigenvalue weighted by molar-refractivity contribution is 6.34. The van der Waals surface area contributed by atoms with E-state index in [0.29, 0.717) is 51.1 Å². The number of carbonyl (C=O) groups is 2. The fourth-order valence-electron chi connectivity index (χ4n) is 4.32. The number of benzene rings is 4. The summed E-state index contributed by atoms with van der Waals surface area (Å²) in [6, 6.07) is 26.5. The van der Waals surface area contributed by atoms with Crippen molar-refractivity contribution in [1.29, 1.82) is 0 Å². The number of hydrazone groups is 1. The Hall–Kier alpha value is -5.08. The monoisotopic (exact) mass is 567 g/mol. The highest BCUT2D eigenvalue weighted by atomic mass is 35.5. The lowest BCUT2D eigenvalue weighted by Crippen LogP contribution is -2.19. The lowest BCUT2D eigenvalue weighted by Gasteiger charge is -2.11. The van der Waals surface area contributed by atoms with Crippen molar-refractivity contribution in [2.45, 2.75) is 6.92 Å². The summed E-state index contributed by atoms with van der Waals surface area (Å²) in [6.07, 6.45) is 1.48. The number of rotatable bonds is 9. The molecule has 1 amide bonds. The number of carbonyl (C=O) groups excluding carboxylic acids is 2. The number of hydrogen-bond donors (Lipinski definition) is 2. The zero-order valence-corrected chi connectivity index (χ0v) is 23.1.